The van der Waals surface area contributed by atoms with Crippen LogP contribution in [0.25, 0.3) is 21.9 Å². The molecule has 0 spiro atoms. The van der Waals surface area contributed by atoms with Crippen LogP contribution in [-0.4, -0.2) is 17.2 Å². The van der Waals surface area contributed by atoms with Gasteiger partial charge in [0.2, 0.25) is 5.88 Å². The van der Waals surface area contributed by atoms with E-state index in [0.717, 1.165) is 38.6 Å². The van der Waals surface area contributed by atoms with Gasteiger partial charge in [-0.15, -0.1) is 0 Å². The molecule has 0 amide bonds. The number of aromatic nitrogens is 1. The number of hydrogen-bond acceptors (Lipinski definition) is 3. The molecule has 162 valence electrons. The van der Waals surface area contributed by atoms with Crippen molar-refractivity contribution in [3.8, 4) is 17.0 Å². The summed E-state index contributed by atoms with van der Waals surface area (Å²) < 4.78 is 5.69. The molecule has 0 aliphatic rings. The first kappa shape index (κ1) is 20.9. The van der Waals surface area contributed by atoms with Crippen LogP contribution in [0.3, 0.4) is 0 Å². The Bertz CT molecular complexity index is 1360. The number of rotatable bonds is 6. The Morgan fingerprint density at radius 1 is 0.697 bits per heavy atom. The number of fused-ring (bicyclic) bond motifs is 1. The van der Waals surface area contributed by atoms with Gasteiger partial charge in [0.1, 0.15) is 0 Å². The number of methoxy groups -OCH3 is 1. The summed E-state index contributed by atoms with van der Waals surface area (Å²) in [7, 11) is 1.63. The SMILES string of the molecule is COc1ncc(-c2ccccc2)cc1C(c1ccccc1)C(O)c1cccc2ccccc12. The summed E-state index contributed by atoms with van der Waals surface area (Å²) >= 11 is 0. The average molecular weight is 432 g/mol. The van der Waals surface area contributed by atoms with Gasteiger partial charge in [-0.25, -0.2) is 4.98 Å². The van der Waals surface area contributed by atoms with Crippen molar-refractivity contribution in [3.05, 3.63) is 132 Å². The Morgan fingerprint density at radius 2 is 1.36 bits per heavy atom. The second-order valence-corrected chi connectivity index (χ2v) is 8.09. The van der Waals surface area contributed by atoms with Crippen LogP contribution in [0.1, 0.15) is 28.7 Å². The van der Waals surface area contributed by atoms with Gasteiger partial charge in [0.15, 0.2) is 0 Å². The molecule has 3 nitrogen and oxygen atoms in total. The summed E-state index contributed by atoms with van der Waals surface area (Å²) in [5.41, 5.74) is 4.79. The monoisotopic (exact) mass is 431 g/mol. The van der Waals surface area contributed by atoms with Crippen molar-refractivity contribution in [1.29, 1.82) is 0 Å². The van der Waals surface area contributed by atoms with Crippen LogP contribution in [0, 0.1) is 0 Å². The zero-order valence-corrected chi connectivity index (χ0v) is 18.4. The molecule has 1 N–H and O–H groups in total. The summed E-state index contributed by atoms with van der Waals surface area (Å²) in [6.07, 6.45) is 1.03. The summed E-state index contributed by atoms with van der Waals surface area (Å²) in [4.78, 5) is 4.62. The van der Waals surface area contributed by atoms with E-state index in [-0.39, 0.29) is 5.92 Å². The molecule has 2 unspecified atom stereocenters. The maximum absolute atomic E-state index is 11.9. The summed E-state index contributed by atoms with van der Waals surface area (Å²) in [6, 6.07) is 36.6. The van der Waals surface area contributed by atoms with Crippen molar-refractivity contribution in [2.45, 2.75) is 12.0 Å². The number of pyridine rings is 1. The highest BCUT2D eigenvalue weighted by Gasteiger charge is 2.29. The van der Waals surface area contributed by atoms with Crippen molar-refractivity contribution < 1.29 is 9.84 Å². The lowest BCUT2D eigenvalue weighted by molar-refractivity contribution is 0.159. The Balaban J connectivity index is 1.71. The molecule has 2 atom stereocenters. The fraction of sp³-hybridized carbons (Fsp3) is 0.100. The predicted molar refractivity (Wildman–Crippen MR) is 133 cm³/mol. The van der Waals surface area contributed by atoms with Crippen molar-refractivity contribution in [2.75, 3.05) is 7.11 Å². The Labute approximate surface area is 194 Å². The zero-order chi connectivity index (χ0) is 22.6. The van der Waals surface area contributed by atoms with Crippen molar-refractivity contribution >= 4 is 10.8 Å². The van der Waals surface area contributed by atoms with Crippen LogP contribution in [-0.2, 0) is 0 Å². The van der Waals surface area contributed by atoms with Crippen LogP contribution in [0.2, 0.25) is 0 Å². The molecule has 1 aromatic heterocycles. The van der Waals surface area contributed by atoms with E-state index in [1.165, 1.54) is 0 Å². The highest BCUT2D eigenvalue weighted by molar-refractivity contribution is 5.86. The molecule has 5 aromatic rings. The van der Waals surface area contributed by atoms with Gasteiger partial charge in [-0.3, -0.25) is 0 Å². The molecule has 0 aliphatic carbocycles. The smallest absolute Gasteiger partial charge is 0.216 e. The quantitative estimate of drug-likeness (QED) is 0.322. The van der Waals surface area contributed by atoms with Gasteiger partial charge >= 0.3 is 0 Å². The molecule has 5 rings (SSSR count). The summed E-state index contributed by atoms with van der Waals surface area (Å²) in [5, 5.41) is 14.0. The molecule has 3 heteroatoms. The van der Waals surface area contributed by atoms with Crippen LogP contribution in [0.5, 0.6) is 5.88 Å². The topological polar surface area (TPSA) is 42.4 Å². The lowest BCUT2D eigenvalue weighted by Gasteiger charge is -2.27. The van der Waals surface area contributed by atoms with Crippen LogP contribution < -0.4 is 4.74 Å². The Morgan fingerprint density at radius 3 is 2.12 bits per heavy atom. The maximum Gasteiger partial charge on any atom is 0.216 e. The van der Waals surface area contributed by atoms with Gasteiger partial charge in [0.05, 0.1) is 13.2 Å². The van der Waals surface area contributed by atoms with Crippen LogP contribution >= 0.6 is 0 Å². The normalized spacial score (nSPS) is 12.9. The summed E-state index contributed by atoms with van der Waals surface area (Å²) in [6.45, 7) is 0. The largest absolute Gasteiger partial charge is 0.481 e. The molecular weight excluding hydrogens is 406 g/mol. The molecule has 0 bridgehead atoms. The number of hydrogen-bond donors (Lipinski definition) is 1. The number of aliphatic hydroxyl groups is 1. The number of aliphatic hydroxyl groups excluding tert-OH is 1. The number of ether oxygens (including phenoxy) is 1. The predicted octanol–water partition coefficient (Wildman–Crippen LogP) is 6.78. The van der Waals surface area contributed by atoms with Gasteiger partial charge in [0, 0.05) is 23.2 Å². The maximum atomic E-state index is 11.9. The van der Waals surface area contributed by atoms with E-state index in [0.29, 0.717) is 5.88 Å². The molecule has 0 fully saturated rings. The van der Waals surface area contributed by atoms with Crippen LogP contribution in [0.15, 0.2) is 115 Å². The average Bonchev–Trinajstić information content (AvgIpc) is 2.89. The van der Waals surface area contributed by atoms with Gasteiger partial charge in [-0.1, -0.05) is 103 Å². The lowest BCUT2D eigenvalue weighted by Crippen LogP contribution is -2.15. The molecule has 1 heterocycles. The highest BCUT2D eigenvalue weighted by Crippen LogP contribution is 2.43. The van der Waals surface area contributed by atoms with Gasteiger partial charge in [-0.05, 0) is 33.5 Å². The molecule has 0 saturated carbocycles. The third-order valence-corrected chi connectivity index (χ3v) is 6.13. The number of benzene rings is 4. The second kappa shape index (κ2) is 9.27. The van der Waals surface area contributed by atoms with Gasteiger partial charge in [-0.2, -0.15) is 0 Å². The van der Waals surface area contributed by atoms with E-state index in [1.54, 1.807) is 7.11 Å². The first-order valence-electron chi connectivity index (χ1n) is 11.1. The van der Waals surface area contributed by atoms with E-state index < -0.39 is 6.10 Å². The molecule has 33 heavy (non-hydrogen) atoms. The minimum Gasteiger partial charge on any atom is -0.481 e. The van der Waals surface area contributed by atoms with E-state index in [1.807, 2.05) is 79.0 Å². The first-order valence-corrected chi connectivity index (χ1v) is 11.1. The van der Waals surface area contributed by atoms with E-state index in [4.69, 9.17) is 4.74 Å². The fourth-order valence-corrected chi connectivity index (χ4v) is 4.53. The molecule has 0 aliphatic heterocycles. The standard InChI is InChI=1S/C30H25NO2/c1-33-30-27(19-24(20-31-30)21-11-4-2-5-12-21)28(23-14-6-3-7-15-23)29(32)26-18-10-16-22-13-8-9-17-25(22)26/h2-20,28-29,32H,1H3. The van der Waals surface area contributed by atoms with E-state index in [9.17, 15) is 5.11 Å². The fourth-order valence-electron chi connectivity index (χ4n) is 4.53. The van der Waals surface area contributed by atoms with Crippen LogP contribution in [0.4, 0.5) is 0 Å². The van der Waals surface area contributed by atoms with Gasteiger partial charge < -0.3 is 9.84 Å². The Kier molecular flexibility index (Phi) is 5.88. The molecule has 0 radical (unpaired) electrons. The Hall–Kier alpha value is -3.95. The minimum absolute atomic E-state index is 0.358. The van der Waals surface area contributed by atoms with Crippen molar-refractivity contribution in [2.24, 2.45) is 0 Å². The van der Waals surface area contributed by atoms with E-state index in [2.05, 4.69) is 41.4 Å². The second-order valence-electron chi connectivity index (χ2n) is 8.09. The van der Waals surface area contributed by atoms with E-state index >= 15 is 0 Å². The lowest BCUT2D eigenvalue weighted by atomic mass is 9.82. The van der Waals surface area contributed by atoms with Crippen molar-refractivity contribution in [1.82, 2.24) is 4.98 Å². The zero-order valence-electron chi connectivity index (χ0n) is 18.4. The third kappa shape index (κ3) is 4.11. The summed E-state index contributed by atoms with van der Waals surface area (Å²) in [5.74, 6) is 0.158. The minimum atomic E-state index is -0.791. The van der Waals surface area contributed by atoms with Gasteiger partial charge in [0.25, 0.3) is 0 Å². The molecule has 4 aromatic carbocycles. The molecule has 0 saturated heterocycles. The first-order chi connectivity index (χ1) is 16.3. The van der Waals surface area contributed by atoms with Crippen molar-refractivity contribution in [3.63, 3.8) is 0 Å². The highest BCUT2D eigenvalue weighted by atomic mass is 16.5. The molecular formula is C30H25NO2. The number of nitrogens with zero attached hydrogens (tertiary/aromatic N) is 1. The third-order valence-electron chi connectivity index (χ3n) is 6.13.